The van der Waals surface area contributed by atoms with Crippen LogP contribution in [0, 0.1) is 0 Å². The molecule has 0 saturated heterocycles. The van der Waals surface area contributed by atoms with E-state index in [0.29, 0.717) is 23.7 Å². The number of imidazole rings is 1. The fourth-order valence-corrected chi connectivity index (χ4v) is 2.97. The zero-order valence-electron chi connectivity index (χ0n) is 15.4. The van der Waals surface area contributed by atoms with Crippen molar-refractivity contribution in [2.24, 2.45) is 0 Å². The summed E-state index contributed by atoms with van der Waals surface area (Å²) in [6, 6.07) is 22.4. The lowest BCUT2D eigenvalue weighted by molar-refractivity contribution is 0.262. The molecule has 0 radical (unpaired) electrons. The molecule has 4 aromatic rings. The molecule has 4 rings (SSSR count). The number of benzene rings is 3. The van der Waals surface area contributed by atoms with Crippen LogP contribution in [0.25, 0.3) is 22.4 Å². The highest BCUT2D eigenvalue weighted by Crippen LogP contribution is 2.25. The van der Waals surface area contributed by atoms with Crippen molar-refractivity contribution in [3.63, 3.8) is 0 Å². The molecule has 0 atom stereocenters. The van der Waals surface area contributed by atoms with Crippen molar-refractivity contribution in [1.29, 1.82) is 0 Å². The fourth-order valence-electron chi connectivity index (χ4n) is 2.97. The van der Waals surface area contributed by atoms with Crippen molar-refractivity contribution < 1.29 is 9.53 Å². The van der Waals surface area contributed by atoms with Gasteiger partial charge in [-0.2, -0.15) is 0 Å². The Hall–Kier alpha value is -3.80. The Morgan fingerprint density at radius 3 is 2.68 bits per heavy atom. The van der Waals surface area contributed by atoms with Crippen molar-refractivity contribution in [2.75, 3.05) is 17.2 Å². The quantitative estimate of drug-likeness (QED) is 0.446. The van der Waals surface area contributed by atoms with Gasteiger partial charge >= 0.3 is 6.03 Å². The summed E-state index contributed by atoms with van der Waals surface area (Å²) in [6.07, 6.45) is 0. The lowest BCUT2D eigenvalue weighted by Gasteiger charge is -2.12. The lowest BCUT2D eigenvalue weighted by atomic mass is 10.2. The molecule has 2 amide bonds. The van der Waals surface area contributed by atoms with E-state index < -0.39 is 0 Å². The number of H-pyrrole nitrogens is 1. The van der Waals surface area contributed by atoms with Gasteiger partial charge in [-0.1, -0.05) is 36.4 Å². The number of anilines is 2. The number of hydrogen-bond donors (Lipinski definition) is 3. The van der Waals surface area contributed by atoms with Gasteiger partial charge in [-0.25, -0.2) is 9.78 Å². The largest absolute Gasteiger partial charge is 0.492 e. The van der Waals surface area contributed by atoms with Gasteiger partial charge in [0, 0.05) is 11.3 Å². The molecule has 0 bridgehead atoms. The molecule has 1 heterocycles. The topological polar surface area (TPSA) is 79.0 Å². The van der Waals surface area contributed by atoms with Crippen LogP contribution >= 0.6 is 0 Å². The van der Waals surface area contributed by atoms with Crippen LogP contribution in [0.15, 0.2) is 72.8 Å². The molecule has 3 aromatic carbocycles. The molecule has 0 aliphatic heterocycles. The van der Waals surface area contributed by atoms with Crippen molar-refractivity contribution in [3.8, 4) is 17.1 Å². The van der Waals surface area contributed by atoms with Crippen LogP contribution in [0.1, 0.15) is 6.92 Å². The van der Waals surface area contributed by atoms with Crippen molar-refractivity contribution in [1.82, 2.24) is 9.97 Å². The predicted octanol–water partition coefficient (Wildman–Crippen LogP) is 5.27. The number of ether oxygens (including phenoxy) is 1. The molecule has 140 valence electrons. The van der Waals surface area contributed by atoms with Crippen LogP contribution < -0.4 is 15.4 Å². The summed E-state index contributed by atoms with van der Waals surface area (Å²) in [5.74, 6) is 1.39. The number of rotatable bonds is 5. The van der Waals surface area contributed by atoms with E-state index in [9.17, 15) is 4.79 Å². The number of aromatic nitrogens is 2. The Morgan fingerprint density at radius 2 is 1.82 bits per heavy atom. The maximum atomic E-state index is 12.4. The highest BCUT2D eigenvalue weighted by atomic mass is 16.5. The van der Waals surface area contributed by atoms with Gasteiger partial charge in [-0.15, -0.1) is 0 Å². The summed E-state index contributed by atoms with van der Waals surface area (Å²) in [4.78, 5) is 20.3. The Balaban J connectivity index is 1.51. The summed E-state index contributed by atoms with van der Waals surface area (Å²) in [5.41, 5.74) is 4.06. The standard InChI is InChI=1S/C22H20N4O2/c1-2-28-20-13-6-5-12-19(20)26-22(27)23-16-9-7-8-15(14-16)21-24-17-10-3-4-11-18(17)25-21/h3-14H,2H2,1H3,(H,24,25)(H2,23,26,27). The van der Waals surface area contributed by atoms with Crippen LogP contribution in [-0.2, 0) is 0 Å². The number of nitrogens with zero attached hydrogens (tertiary/aromatic N) is 1. The van der Waals surface area contributed by atoms with Crippen LogP contribution in [0.5, 0.6) is 5.75 Å². The SMILES string of the molecule is CCOc1ccccc1NC(=O)Nc1cccc(-c2nc3ccccc3[nH]2)c1. The third-order valence-electron chi connectivity index (χ3n) is 4.22. The minimum absolute atomic E-state index is 0.339. The maximum absolute atomic E-state index is 12.4. The molecule has 0 fully saturated rings. The first-order valence-corrected chi connectivity index (χ1v) is 9.08. The summed E-state index contributed by atoms with van der Waals surface area (Å²) < 4.78 is 5.54. The number of carbonyl (C=O) groups is 1. The molecule has 0 spiro atoms. The van der Waals surface area contributed by atoms with Gasteiger partial charge in [-0.3, -0.25) is 0 Å². The predicted molar refractivity (Wildman–Crippen MR) is 112 cm³/mol. The Labute approximate surface area is 162 Å². The first-order chi connectivity index (χ1) is 13.7. The highest BCUT2D eigenvalue weighted by molar-refractivity contribution is 6.01. The van der Waals surface area contributed by atoms with Gasteiger partial charge < -0.3 is 20.4 Å². The van der Waals surface area contributed by atoms with E-state index in [2.05, 4.69) is 20.6 Å². The first kappa shape index (κ1) is 17.6. The molecule has 1 aromatic heterocycles. The van der Waals surface area contributed by atoms with E-state index in [-0.39, 0.29) is 6.03 Å². The zero-order valence-corrected chi connectivity index (χ0v) is 15.4. The number of amides is 2. The van der Waals surface area contributed by atoms with Gasteiger partial charge in [0.2, 0.25) is 0 Å². The second-order valence-electron chi connectivity index (χ2n) is 6.19. The van der Waals surface area contributed by atoms with Gasteiger partial charge in [0.05, 0.1) is 23.3 Å². The van der Waals surface area contributed by atoms with Crippen LogP contribution in [0.2, 0.25) is 0 Å². The Morgan fingerprint density at radius 1 is 1.00 bits per heavy atom. The second kappa shape index (κ2) is 7.84. The number of nitrogens with one attached hydrogen (secondary N) is 3. The molecular formula is C22H20N4O2. The Bertz CT molecular complexity index is 1090. The van der Waals surface area contributed by atoms with E-state index in [1.165, 1.54) is 0 Å². The lowest BCUT2D eigenvalue weighted by Crippen LogP contribution is -2.19. The monoisotopic (exact) mass is 372 g/mol. The van der Waals surface area contributed by atoms with Crippen molar-refractivity contribution >= 4 is 28.4 Å². The molecule has 6 heteroatoms. The van der Waals surface area contributed by atoms with Crippen molar-refractivity contribution in [3.05, 3.63) is 72.8 Å². The summed E-state index contributed by atoms with van der Waals surface area (Å²) in [6.45, 7) is 2.43. The second-order valence-corrected chi connectivity index (χ2v) is 6.19. The van der Waals surface area contributed by atoms with Crippen molar-refractivity contribution in [2.45, 2.75) is 6.92 Å². The molecular weight excluding hydrogens is 352 g/mol. The van der Waals surface area contributed by atoms with E-state index in [0.717, 1.165) is 22.4 Å². The first-order valence-electron chi connectivity index (χ1n) is 9.08. The molecule has 0 aliphatic carbocycles. The molecule has 3 N–H and O–H groups in total. The van der Waals surface area contributed by atoms with E-state index in [1.807, 2.05) is 73.7 Å². The summed E-state index contributed by atoms with van der Waals surface area (Å²) in [7, 11) is 0. The number of fused-ring (bicyclic) bond motifs is 1. The van der Waals surface area contributed by atoms with E-state index >= 15 is 0 Å². The third-order valence-corrected chi connectivity index (χ3v) is 4.22. The minimum Gasteiger partial charge on any atom is -0.492 e. The summed E-state index contributed by atoms with van der Waals surface area (Å²) in [5, 5.41) is 5.68. The summed E-state index contributed by atoms with van der Waals surface area (Å²) >= 11 is 0. The highest BCUT2D eigenvalue weighted by Gasteiger charge is 2.09. The smallest absolute Gasteiger partial charge is 0.323 e. The van der Waals surface area contributed by atoms with E-state index in [1.54, 1.807) is 6.07 Å². The molecule has 0 aliphatic rings. The van der Waals surface area contributed by atoms with Gasteiger partial charge in [0.25, 0.3) is 0 Å². The maximum Gasteiger partial charge on any atom is 0.323 e. The number of hydrogen-bond acceptors (Lipinski definition) is 3. The van der Waals surface area contributed by atoms with E-state index in [4.69, 9.17) is 4.74 Å². The number of para-hydroxylation sites is 4. The van der Waals surface area contributed by atoms with Gasteiger partial charge in [-0.05, 0) is 43.3 Å². The number of carbonyl (C=O) groups excluding carboxylic acids is 1. The molecule has 28 heavy (non-hydrogen) atoms. The Kier molecular flexibility index (Phi) is 4.93. The fraction of sp³-hybridized carbons (Fsp3) is 0.0909. The van der Waals surface area contributed by atoms with Crippen LogP contribution in [0.3, 0.4) is 0 Å². The average Bonchev–Trinajstić information content (AvgIpc) is 3.14. The van der Waals surface area contributed by atoms with Gasteiger partial charge in [0.15, 0.2) is 0 Å². The zero-order chi connectivity index (χ0) is 19.3. The van der Waals surface area contributed by atoms with Crippen LogP contribution in [0.4, 0.5) is 16.2 Å². The third kappa shape index (κ3) is 3.81. The normalized spacial score (nSPS) is 10.6. The number of urea groups is 1. The molecule has 6 nitrogen and oxygen atoms in total. The molecule has 0 saturated carbocycles. The van der Waals surface area contributed by atoms with Gasteiger partial charge in [0.1, 0.15) is 11.6 Å². The minimum atomic E-state index is -0.339. The molecule has 0 unspecified atom stereocenters. The number of aromatic amines is 1. The van der Waals surface area contributed by atoms with Crippen LogP contribution in [-0.4, -0.2) is 22.6 Å². The average molecular weight is 372 g/mol.